The molecule has 10 heteroatoms. The van der Waals surface area contributed by atoms with Crippen LogP contribution in [0.25, 0.3) is 20.3 Å². The predicted octanol–water partition coefficient (Wildman–Crippen LogP) is 4.23. The lowest BCUT2D eigenvalue weighted by molar-refractivity contribution is -0.122. The lowest BCUT2D eigenvalue weighted by Crippen LogP contribution is -2.37. The first-order valence-electron chi connectivity index (χ1n) is 13.3. The molecule has 1 saturated heterocycles. The maximum atomic E-state index is 13.6. The Balaban J connectivity index is 1.29. The van der Waals surface area contributed by atoms with Gasteiger partial charge in [0, 0.05) is 42.2 Å². The number of benzene rings is 1. The van der Waals surface area contributed by atoms with Crippen LogP contribution in [0.3, 0.4) is 0 Å². The molecule has 5 rings (SSSR count). The molecule has 1 saturated carbocycles. The van der Waals surface area contributed by atoms with Crippen LogP contribution in [0.5, 0.6) is 0 Å². The maximum absolute atomic E-state index is 13.6. The van der Waals surface area contributed by atoms with Crippen molar-refractivity contribution < 1.29 is 14.3 Å². The number of hydrogen-bond donors (Lipinski definition) is 2. The molecule has 2 fully saturated rings. The lowest BCUT2D eigenvalue weighted by atomic mass is 9.95. The number of amides is 2. The summed E-state index contributed by atoms with van der Waals surface area (Å²) in [6, 6.07) is 8.12. The standard InChI is InChI=1S/C27H34N4O4S2/c32-22(28-16-19-10-7-15-35-19)13-6-14-31-26(34)25-24(20-11-4-5-12-21(20)37-25)30-27(31)36-17-23(33)29-18-8-2-1-3-9-18/h4-5,11-12,18-19H,1-3,6-10,13-17H2,(H,28,32)(H,29,33). The summed E-state index contributed by atoms with van der Waals surface area (Å²) >= 11 is 2.74. The summed E-state index contributed by atoms with van der Waals surface area (Å²) in [6.45, 7) is 1.66. The molecule has 0 radical (unpaired) electrons. The number of thioether (sulfide) groups is 1. The summed E-state index contributed by atoms with van der Waals surface area (Å²) in [6.07, 6.45) is 8.55. The normalized spacial score (nSPS) is 18.4. The van der Waals surface area contributed by atoms with Crippen molar-refractivity contribution in [3.63, 3.8) is 0 Å². The molecule has 1 aromatic carbocycles. The Morgan fingerprint density at radius 1 is 1.11 bits per heavy atom. The average molecular weight is 543 g/mol. The van der Waals surface area contributed by atoms with E-state index < -0.39 is 0 Å². The highest BCUT2D eigenvalue weighted by Crippen LogP contribution is 2.32. The zero-order valence-corrected chi connectivity index (χ0v) is 22.6. The van der Waals surface area contributed by atoms with Gasteiger partial charge in [-0.05, 0) is 38.2 Å². The Morgan fingerprint density at radius 2 is 1.95 bits per heavy atom. The fourth-order valence-electron chi connectivity index (χ4n) is 5.13. The van der Waals surface area contributed by atoms with Gasteiger partial charge >= 0.3 is 0 Å². The van der Waals surface area contributed by atoms with Crippen LogP contribution in [-0.2, 0) is 20.9 Å². The van der Waals surface area contributed by atoms with Gasteiger partial charge in [-0.25, -0.2) is 4.98 Å². The van der Waals surface area contributed by atoms with Crippen molar-refractivity contribution in [2.45, 2.75) is 81.6 Å². The van der Waals surface area contributed by atoms with Gasteiger partial charge in [0.25, 0.3) is 5.56 Å². The van der Waals surface area contributed by atoms with Gasteiger partial charge in [0.1, 0.15) is 4.70 Å². The number of fused-ring (bicyclic) bond motifs is 3. The highest BCUT2D eigenvalue weighted by Gasteiger charge is 2.20. The minimum atomic E-state index is -0.110. The van der Waals surface area contributed by atoms with Crippen LogP contribution >= 0.6 is 23.1 Å². The molecule has 1 unspecified atom stereocenters. The third kappa shape index (κ3) is 6.53. The van der Waals surface area contributed by atoms with E-state index in [9.17, 15) is 14.4 Å². The zero-order chi connectivity index (χ0) is 25.6. The number of thiophene rings is 1. The van der Waals surface area contributed by atoms with Crippen molar-refractivity contribution >= 4 is 55.2 Å². The molecule has 37 heavy (non-hydrogen) atoms. The molecule has 1 atom stereocenters. The smallest absolute Gasteiger partial charge is 0.272 e. The van der Waals surface area contributed by atoms with E-state index in [-0.39, 0.29) is 35.3 Å². The second-order valence-electron chi connectivity index (χ2n) is 9.86. The Morgan fingerprint density at radius 3 is 2.76 bits per heavy atom. The van der Waals surface area contributed by atoms with Crippen LogP contribution in [0.2, 0.25) is 0 Å². The summed E-state index contributed by atoms with van der Waals surface area (Å²) in [7, 11) is 0. The monoisotopic (exact) mass is 542 g/mol. The summed E-state index contributed by atoms with van der Waals surface area (Å²) in [4.78, 5) is 43.5. The fraction of sp³-hybridized carbons (Fsp3) is 0.556. The van der Waals surface area contributed by atoms with Crippen molar-refractivity contribution in [1.29, 1.82) is 0 Å². The first-order valence-corrected chi connectivity index (χ1v) is 15.1. The largest absolute Gasteiger partial charge is 0.376 e. The fourth-order valence-corrected chi connectivity index (χ4v) is 7.05. The second kappa shape index (κ2) is 12.4. The SMILES string of the molecule is O=C(CCCn1c(SCC(=O)NC2CCCCC2)nc2c(sc3ccccc32)c1=O)NCC1CCCO1. The topological polar surface area (TPSA) is 102 Å². The van der Waals surface area contributed by atoms with E-state index in [2.05, 4.69) is 10.6 Å². The first kappa shape index (κ1) is 26.2. The van der Waals surface area contributed by atoms with Gasteiger partial charge in [-0.2, -0.15) is 0 Å². The van der Waals surface area contributed by atoms with E-state index in [0.717, 1.165) is 55.2 Å². The molecule has 2 aromatic heterocycles. The summed E-state index contributed by atoms with van der Waals surface area (Å²) in [5.74, 6) is 0.139. The van der Waals surface area contributed by atoms with Crippen molar-refractivity contribution in [1.82, 2.24) is 20.2 Å². The van der Waals surface area contributed by atoms with Crippen LogP contribution < -0.4 is 16.2 Å². The second-order valence-corrected chi connectivity index (χ2v) is 11.9. The summed E-state index contributed by atoms with van der Waals surface area (Å²) in [5, 5.41) is 7.57. The number of carbonyl (C=O) groups is 2. The number of rotatable bonds is 10. The molecule has 1 aliphatic carbocycles. The van der Waals surface area contributed by atoms with Crippen LogP contribution in [0.1, 0.15) is 57.8 Å². The first-order chi connectivity index (χ1) is 18.1. The number of hydrogen-bond acceptors (Lipinski definition) is 7. The van der Waals surface area contributed by atoms with Crippen LogP contribution in [0.4, 0.5) is 0 Å². The minimum Gasteiger partial charge on any atom is -0.376 e. The molecule has 2 N–H and O–H groups in total. The average Bonchev–Trinajstić information content (AvgIpc) is 3.56. The van der Waals surface area contributed by atoms with E-state index in [0.29, 0.717) is 41.3 Å². The molecular formula is C27H34N4O4S2. The Hall–Kier alpha value is -2.43. The van der Waals surface area contributed by atoms with E-state index in [4.69, 9.17) is 9.72 Å². The Kier molecular flexibility index (Phi) is 8.78. The van der Waals surface area contributed by atoms with E-state index in [1.165, 1.54) is 29.5 Å². The van der Waals surface area contributed by atoms with Gasteiger partial charge in [-0.1, -0.05) is 49.2 Å². The molecule has 3 aromatic rings. The molecule has 1 aliphatic heterocycles. The summed E-state index contributed by atoms with van der Waals surface area (Å²) < 4.78 is 8.83. The van der Waals surface area contributed by atoms with E-state index in [1.54, 1.807) is 4.57 Å². The maximum Gasteiger partial charge on any atom is 0.272 e. The van der Waals surface area contributed by atoms with E-state index >= 15 is 0 Å². The van der Waals surface area contributed by atoms with Gasteiger partial charge in [-0.3, -0.25) is 19.0 Å². The number of nitrogens with one attached hydrogen (secondary N) is 2. The molecule has 198 valence electrons. The molecule has 2 amide bonds. The quantitative estimate of drug-likeness (QED) is 0.294. The van der Waals surface area contributed by atoms with Crippen molar-refractivity contribution in [2.24, 2.45) is 0 Å². The molecule has 8 nitrogen and oxygen atoms in total. The molecule has 0 bridgehead atoms. The Labute approximate surface area is 224 Å². The predicted molar refractivity (Wildman–Crippen MR) is 148 cm³/mol. The van der Waals surface area contributed by atoms with Crippen molar-refractivity contribution in [2.75, 3.05) is 18.9 Å². The number of ether oxygens (including phenoxy) is 1. The Bertz CT molecular complexity index is 1310. The number of carbonyl (C=O) groups excluding carboxylic acids is 2. The molecular weight excluding hydrogens is 508 g/mol. The van der Waals surface area contributed by atoms with Gasteiger partial charge in [0.05, 0.1) is 17.4 Å². The van der Waals surface area contributed by atoms with E-state index in [1.807, 2.05) is 24.3 Å². The van der Waals surface area contributed by atoms with Gasteiger partial charge in [0.15, 0.2) is 5.16 Å². The van der Waals surface area contributed by atoms with Gasteiger partial charge < -0.3 is 15.4 Å². The lowest BCUT2D eigenvalue weighted by Gasteiger charge is -2.22. The molecule has 2 aliphatic rings. The highest BCUT2D eigenvalue weighted by atomic mass is 32.2. The van der Waals surface area contributed by atoms with Gasteiger partial charge in [0.2, 0.25) is 11.8 Å². The summed E-state index contributed by atoms with van der Waals surface area (Å²) in [5.41, 5.74) is 0.576. The van der Waals surface area contributed by atoms with Crippen LogP contribution in [0.15, 0.2) is 34.2 Å². The highest BCUT2D eigenvalue weighted by molar-refractivity contribution is 7.99. The number of nitrogens with zero attached hydrogens (tertiary/aromatic N) is 2. The van der Waals surface area contributed by atoms with Crippen molar-refractivity contribution in [3.05, 3.63) is 34.6 Å². The molecule has 0 spiro atoms. The third-order valence-corrected chi connectivity index (χ3v) is 9.21. The molecule has 3 heterocycles. The van der Waals surface area contributed by atoms with Crippen molar-refractivity contribution in [3.8, 4) is 0 Å². The van der Waals surface area contributed by atoms with Crippen LogP contribution in [0, 0.1) is 0 Å². The van der Waals surface area contributed by atoms with Gasteiger partial charge in [-0.15, -0.1) is 11.3 Å². The zero-order valence-electron chi connectivity index (χ0n) is 21.0. The number of aromatic nitrogens is 2. The van der Waals surface area contributed by atoms with Crippen LogP contribution in [-0.4, -0.2) is 52.4 Å². The minimum absolute atomic E-state index is 0.0264. The third-order valence-electron chi connectivity index (χ3n) is 7.09.